The molecule has 0 bridgehead atoms. The number of ketones is 1. The summed E-state index contributed by atoms with van der Waals surface area (Å²) in [5.41, 5.74) is 3.12. The first-order valence-electron chi connectivity index (χ1n) is 10.1. The number of unbranched alkanes of at least 4 members (excludes halogenated alkanes) is 1. The van der Waals surface area contributed by atoms with Gasteiger partial charge in [0.25, 0.3) is 0 Å². The lowest BCUT2D eigenvalue weighted by molar-refractivity contribution is 0.0232. The summed E-state index contributed by atoms with van der Waals surface area (Å²) in [5, 5.41) is 0. The first-order valence-corrected chi connectivity index (χ1v) is 10.1. The molecule has 3 heteroatoms. The average Bonchev–Trinajstić information content (AvgIpc) is 2.69. The van der Waals surface area contributed by atoms with E-state index in [1.54, 1.807) is 18.2 Å². The third kappa shape index (κ3) is 5.04. The number of rotatable bonds is 7. The molecule has 0 saturated heterocycles. The number of benzene rings is 2. The summed E-state index contributed by atoms with van der Waals surface area (Å²) in [7, 11) is 0. The predicted octanol–water partition coefficient (Wildman–Crippen LogP) is 6.54. The Bertz CT molecular complexity index is 758. The number of carbonyl (C=O) groups is 1. The highest BCUT2D eigenvalue weighted by Crippen LogP contribution is 2.36. The van der Waals surface area contributed by atoms with E-state index in [9.17, 15) is 9.18 Å². The highest BCUT2D eigenvalue weighted by atomic mass is 19.1. The molecule has 27 heavy (non-hydrogen) atoms. The second-order valence-electron chi connectivity index (χ2n) is 7.57. The first kappa shape index (κ1) is 19.8. The van der Waals surface area contributed by atoms with Gasteiger partial charge in [0.05, 0.1) is 6.10 Å². The van der Waals surface area contributed by atoms with Gasteiger partial charge in [-0.05, 0) is 62.1 Å². The van der Waals surface area contributed by atoms with Crippen molar-refractivity contribution >= 4 is 5.78 Å². The second kappa shape index (κ2) is 9.27. The lowest BCUT2D eigenvalue weighted by Crippen LogP contribution is -2.21. The summed E-state index contributed by atoms with van der Waals surface area (Å²) in [6.45, 7) is 4.57. The monoisotopic (exact) mass is 368 g/mol. The van der Waals surface area contributed by atoms with Crippen LogP contribution in [0.4, 0.5) is 4.39 Å². The van der Waals surface area contributed by atoms with Crippen LogP contribution in [-0.2, 0) is 4.74 Å². The molecule has 1 aliphatic carbocycles. The zero-order chi connectivity index (χ0) is 19.2. The molecule has 1 aliphatic rings. The molecule has 0 aliphatic heterocycles. The van der Waals surface area contributed by atoms with E-state index >= 15 is 0 Å². The van der Waals surface area contributed by atoms with Crippen molar-refractivity contribution in [3.63, 3.8) is 0 Å². The van der Waals surface area contributed by atoms with Gasteiger partial charge in [0, 0.05) is 17.7 Å². The molecule has 2 nitrogen and oxygen atoms in total. The quantitative estimate of drug-likeness (QED) is 0.410. The molecule has 0 unspecified atom stereocenters. The fourth-order valence-electron chi connectivity index (χ4n) is 3.86. The van der Waals surface area contributed by atoms with E-state index in [-0.39, 0.29) is 11.6 Å². The lowest BCUT2D eigenvalue weighted by Gasteiger charge is -2.29. The summed E-state index contributed by atoms with van der Waals surface area (Å²) < 4.78 is 20.7. The Morgan fingerprint density at radius 3 is 2.37 bits per heavy atom. The van der Waals surface area contributed by atoms with Crippen molar-refractivity contribution in [2.45, 2.75) is 64.4 Å². The van der Waals surface area contributed by atoms with Gasteiger partial charge < -0.3 is 4.74 Å². The van der Waals surface area contributed by atoms with Crippen molar-refractivity contribution in [3.8, 4) is 11.1 Å². The topological polar surface area (TPSA) is 26.3 Å². The molecular formula is C24H29FO2. The zero-order valence-corrected chi connectivity index (χ0v) is 16.3. The van der Waals surface area contributed by atoms with Gasteiger partial charge in [0.15, 0.2) is 5.78 Å². The van der Waals surface area contributed by atoms with Crippen molar-refractivity contribution in [2.24, 2.45) is 0 Å². The average molecular weight is 368 g/mol. The summed E-state index contributed by atoms with van der Waals surface area (Å²) in [5.74, 6) is 0.246. The summed E-state index contributed by atoms with van der Waals surface area (Å²) in [6, 6.07) is 12.8. The number of halogens is 1. The highest BCUT2D eigenvalue weighted by Gasteiger charge is 2.23. The molecule has 0 atom stereocenters. The molecular weight excluding hydrogens is 339 g/mol. The zero-order valence-electron chi connectivity index (χ0n) is 16.3. The van der Waals surface area contributed by atoms with Gasteiger partial charge >= 0.3 is 0 Å². The van der Waals surface area contributed by atoms with Gasteiger partial charge in [-0.25, -0.2) is 4.39 Å². The van der Waals surface area contributed by atoms with Gasteiger partial charge in [-0.1, -0.05) is 49.7 Å². The van der Waals surface area contributed by atoms with E-state index in [2.05, 4.69) is 13.0 Å². The largest absolute Gasteiger partial charge is 0.378 e. The predicted molar refractivity (Wildman–Crippen MR) is 108 cm³/mol. The van der Waals surface area contributed by atoms with Crippen molar-refractivity contribution in [2.75, 3.05) is 6.61 Å². The Hall–Kier alpha value is -2.00. The SMILES string of the molecule is CCCCOC1CCC(c2ccc(-c3ccc(C(C)=O)cc3)c(F)c2)CC1. The first-order chi connectivity index (χ1) is 13.1. The Morgan fingerprint density at radius 2 is 1.78 bits per heavy atom. The standard InChI is InChI=1S/C24H29FO2/c1-3-4-15-27-22-12-9-19(10-13-22)21-11-14-23(24(25)16-21)20-7-5-18(6-8-20)17(2)26/h5-8,11,14,16,19,22H,3-4,9-10,12-13,15H2,1-2H3. The Kier molecular flexibility index (Phi) is 6.78. The molecule has 0 heterocycles. The van der Waals surface area contributed by atoms with E-state index in [4.69, 9.17) is 4.74 Å². The Labute approximate surface area is 161 Å². The van der Waals surface area contributed by atoms with Gasteiger partial charge in [-0.2, -0.15) is 0 Å². The van der Waals surface area contributed by atoms with Gasteiger partial charge in [-0.3, -0.25) is 4.79 Å². The molecule has 144 valence electrons. The maximum atomic E-state index is 14.7. The minimum atomic E-state index is -0.190. The molecule has 1 saturated carbocycles. The minimum Gasteiger partial charge on any atom is -0.378 e. The molecule has 2 aromatic rings. The molecule has 3 rings (SSSR count). The van der Waals surface area contributed by atoms with Crippen LogP contribution < -0.4 is 0 Å². The molecule has 0 N–H and O–H groups in total. The van der Waals surface area contributed by atoms with Crippen molar-refractivity contribution in [3.05, 3.63) is 59.4 Å². The van der Waals surface area contributed by atoms with Gasteiger partial charge in [-0.15, -0.1) is 0 Å². The van der Waals surface area contributed by atoms with Crippen LogP contribution in [-0.4, -0.2) is 18.5 Å². The normalized spacial score (nSPS) is 19.8. The smallest absolute Gasteiger partial charge is 0.159 e. The van der Waals surface area contributed by atoms with E-state index in [0.717, 1.165) is 49.8 Å². The van der Waals surface area contributed by atoms with E-state index in [1.807, 2.05) is 18.2 Å². The Balaban J connectivity index is 1.64. The van der Waals surface area contributed by atoms with E-state index in [0.29, 0.717) is 23.1 Å². The molecule has 1 fully saturated rings. The van der Waals surface area contributed by atoms with Crippen molar-refractivity contribution in [1.29, 1.82) is 0 Å². The van der Waals surface area contributed by atoms with Crippen LogP contribution in [0, 0.1) is 5.82 Å². The fourth-order valence-corrected chi connectivity index (χ4v) is 3.86. The Morgan fingerprint density at radius 1 is 1.07 bits per heavy atom. The van der Waals surface area contributed by atoms with Crippen molar-refractivity contribution in [1.82, 2.24) is 0 Å². The van der Waals surface area contributed by atoms with Crippen LogP contribution in [0.15, 0.2) is 42.5 Å². The maximum Gasteiger partial charge on any atom is 0.159 e. The number of carbonyl (C=O) groups excluding carboxylic acids is 1. The van der Waals surface area contributed by atoms with Gasteiger partial charge in [0.2, 0.25) is 0 Å². The van der Waals surface area contributed by atoms with Crippen LogP contribution in [0.1, 0.15) is 74.2 Å². The number of ether oxygens (including phenoxy) is 1. The summed E-state index contributed by atoms with van der Waals surface area (Å²) >= 11 is 0. The molecule has 0 amide bonds. The molecule has 0 radical (unpaired) electrons. The van der Waals surface area contributed by atoms with Crippen LogP contribution in [0.5, 0.6) is 0 Å². The third-order valence-electron chi connectivity index (χ3n) is 5.59. The van der Waals surface area contributed by atoms with Gasteiger partial charge in [0.1, 0.15) is 5.82 Å². The fraction of sp³-hybridized carbons (Fsp3) is 0.458. The highest BCUT2D eigenvalue weighted by molar-refractivity contribution is 5.94. The molecule has 0 spiro atoms. The van der Waals surface area contributed by atoms with E-state index < -0.39 is 0 Å². The minimum absolute atomic E-state index is 0.0200. The van der Waals surface area contributed by atoms with Crippen molar-refractivity contribution < 1.29 is 13.9 Å². The molecule has 2 aromatic carbocycles. The second-order valence-corrected chi connectivity index (χ2v) is 7.57. The van der Waals surface area contributed by atoms with Crippen LogP contribution >= 0.6 is 0 Å². The van der Waals surface area contributed by atoms with Crippen LogP contribution in [0.25, 0.3) is 11.1 Å². The molecule has 0 aromatic heterocycles. The van der Waals surface area contributed by atoms with Crippen LogP contribution in [0.2, 0.25) is 0 Å². The third-order valence-corrected chi connectivity index (χ3v) is 5.59. The summed E-state index contributed by atoms with van der Waals surface area (Å²) in [6.07, 6.45) is 6.90. The lowest BCUT2D eigenvalue weighted by atomic mass is 9.82. The maximum absolute atomic E-state index is 14.7. The van der Waals surface area contributed by atoms with E-state index in [1.165, 1.54) is 13.3 Å². The number of hydrogen-bond donors (Lipinski definition) is 0. The number of Topliss-reactive ketones (excluding diaryl/α,β-unsaturated/α-hetero) is 1. The number of hydrogen-bond acceptors (Lipinski definition) is 2. The van der Waals surface area contributed by atoms with Crippen LogP contribution in [0.3, 0.4) is 0 Å². The summed E-state index contributed by atoms with van der Waals surface area (Å²) in [4.78, 5) is 11.4.